The number of hydrazine groups is 1. The van der Waals surface area contributed by atoms with E-state index in [1.54, 1.807) is 32.5 Å². The summed E-state index contributed by atoms with van der Waals surface area (Å²) in [5, 5.41) is 16.7. The normalized spacial score (nSPS) is 22.1. The highest BCUT2D eigenvalue weighted by molar-refractivity contribution is 5.96. The number of fused-ring (bicyclic) bond motifs is 6. The molecule has 2 aliphatic heterocycles. The van der Waals surface area contributed by atoms with E-state index in [2.05, 4.69) is 54.3 Å². The van der Waals surface area contributed by atoms with E-state index in [9.17, 15) is 24.3 Å². The lowest BCUT2D eigenvalue weighted by Crippen LogP contribution is -2.62. The molecule has 2 aromatic heterocycles. The highest BCUT2D eigenvalue weighted by atomic mass is 16.5. The molecule has 4 heterocycles. The van der Waals surface area contributed by atoms with Crippen molar-refractivity contribution >= 4 is 34.6 Å². The number of hydrogen-bond donors (Lipinski definition) is 3. The minimum atomic E-state index is -1.10. The van der Waals surface area contributed by atoms with Crippen LogP contribution in [0.2, 0.25) is 0 Å². The summed E-state index contributed by atoms with van der Waals surface area (Å²) < 4.78 is 14.2. The number of phenolic OH excluding ortho intramolecular Hbond substituents is 1. The van der Waals surface area contributed by atoms with Crippen LogP contribution in [0.1, 0.15) is 97.6 Å². The third-order valence-corrected chi connectivity index (χ3v) is 13.2. The molecule has 3 N–H and O–H groups in total. The first-order valence-electron chi connectivity index (χ1n) is 22.1. The van der Waals surface area contributed by atoms with Crippen LogP contribution in [0, 0.1) is 22.7 Å². The molecule has 1 saturated heterocycles. The average molecular weight is 849 g/mol. The molecule has 13 nitrogen and oxygen atoms in total. The number of nitrogens with one attached hydrogen (secondary N) is 2. The lowest BCUT2D eigenvalue weighted by molar-refractivity contribution is -0.155. The summed E-state index contributed by atoms with van der Waals surface area (Å²) in [6, 6.07) is 12.9. The average Bonchev–Trinajstić information content (AvgIpc) is 3.78. The number of rotatable bonds is 9. The third-order valence-electron chi connectivity index (χ3n) is 13.2. The van der Waals surface area contributed by atoms with Crippen molar-refractivity contribution in [1.82, 2.24) is 30.2 Å². The van der Waals surface area contributed by atoms with Crippen LogP contribution < -0.4 is 10.7 Å². The van der Waals surface area contributed by atoms with E-state index < -0.39 is 41.3 Å². The van der Waals surface area contributed by atoms with Gasteiger partial charge in [-0.25, -0.2) is 5.43 Å². The molecule has 7 rings (SSSR count). The number of pyridine rings is 1. The van der Waals surface area contributed by atoms with E-state index in [0.29, 0.717) is 37.9 Å². The summed E-state index contributed by atoms with van der Waals surface area (Å²) >= 11 is 0. The van der Waals surface area contributed by atoms with Crippen LogP contribution in [0.15, 0.2) is 54.7 Å². The number of carbonyl (C=O) groups is 4. The molecule has 1 saturated carbocycles. The van der Waals surface area contributed by atoms with Gasteiger partial charge in [0.15, 0.2) is 0 Å². The lowest BCUT2D eigenvalue weighted by atomic mass is 9.84. The Morgan fingerprint density at radius 2 is 1.82 bits per heavy atom. The number of nitrogens with zero attached hydrogens (tertiary/aromatic N) is 4. The molecule has 2 fully saturated rings. The van der Waals surface area contributed by atoms with E-state index in [1.165, 1.54) is 9.91 Å². The predicted octanol–water partition coefficient (Wildman–Crippen LogP) is 6.98. The van der Waals surface area contributed by atoms with E-state index in [1.807, 2.05) is 52.8 Å². The fraction of sp³-hybridized carbons (Fsp3) is 0.531. The number of aromatic hydroxyl groups is 1. The molecule has 3 amide bonds. The van der Waals surface area contributed by atoms with Gasteiger partial charge in [-0.05, 0) is 110 Å². The molecule has 6 bridgehead atoms. The Kier molecular flexibility index (Phi) is 12.6. The Hall–Kier alpha value is -5.27. The molecule has 13 heteroatoms. The van der Waals surface area contributed by atoms with E-state index in [0.717, 1.165) is 51.0 Å². The summed E-state index contributed by atoms with van der Waals surface area (Å²) in [6.07, 6.45) is 3.87. The standard InChI is InChI=1S/C49H64N6O7/c1-11-54-40-17-16-31-24-35(40)36(43(54)34-14-12-18-50-41(34)29(4)61-10)25-48(5,6)27-62-47(60)38-15-13-19-55(52-38)46(59)39(22-30-20-32(31)23-33(56)21-30)51-44(57)42(28(2)3)53(9)45(58)37-26-49(37,7)8/h12,14,16-18,20-21,23-24,28-29,37-39,42,52,56H,11,13,15,19,22,25-27H2,1-10H3,(H,51,57)/t29-,37-,38-,39-,42?/m0/s1. The van der Waals surface area contributed by atoms with Crippen molar-refractivity contribution in [3.63, 3.8) is 0 Å². The minimum Gasteiger partial charge on any atom is -0.508 e. The summed E-state index contributed by atoms with van der Waals surface area (Å²) in [6.45, 7) is 17.3. The van der Waals surface area contributed by atoms with Gasteiger partial charge in [-0.1, -0.05) is 53.7 Å². The van der Waals surface area contributed by atoms with Gasteiger partial charge in [0, 0.05) is 67.7 Å². The molecule has 1 unspecified atom stereocenters. The highest BCUT2D eigenvalue weighted by Gasteiger charge is 2.53. The number of amides is 3. The quantitative estimate of drug-likeness (QED) is 0.151. The molecule has 62 heavy (non-hydrogen) atoms. The second kappa shape index (κ2) is 17.5. The van der Waals surface area contributed by atoms with Crippen molar-refractivity contribution in [2.75, 3.05) is 27.3 Å². The Bertz CT molecular complexity index is 2370. The fourth-order valence-electron chi connectivity index (χ4n) is 9.52. The van der Waals surface area contributed by atoms with Crippen molar-refractivity contribution in [3.8, 4) is 28.1 Å². The van der Waals surface area contributed by atoms with Crippen molar-refractivity contribution in [2.45, 2.75) is 118 Å². The highest BCUT2D eigenvalue weighted by Crippen LogP contribution is 2.52. The Morgan fingerprint density at radius 1 is 1.08 bits per heavy atom. The predicted molar refractivity (Wildman–Crippen MR) is 239 cm³/mol. The fourth-order valence-corrected chi connectivity index (χ4v) is 9.52. The van der Waals surface area contributed by atoms with Gasteiger partial charge < -0.3 is 29.4 Å². The SMILES string of the molecule is CCn1c(-c2cccnc2[C@H](C)OC)c2c3cc(ccc31)-c1cc(O)cc(c1)C[C@H](NC(=O)C(C(C)C)N(C)C(=O)[C@@H]1CC1(C)C)C(=O)N1CCC[C@H](N1)C(=O)OCC(C)(C)C2. The van der Waals surface area contributed by atoms with Gasteiger partial charge >= 0.3 is 5.97 Å². The van der Waals surface area contributed by atoms with Gasteiger partial charge in [0.2, 0.25) is 11.8 Å². The third kappa shape index (κ3) is 8.97. The molecule has 0 spiro atoms. The number of aromatic nitrogens is 2. The summed E-state index contributed by atoms with van der Waals surface area (Å²) in [5.74, 6) is -1.83. The van der Waals surface area contributed by atoms with Crippen LogP contribution >= 0.6 is 0 Å². The molecule has 332 valence electrons. The number of benzene rings is 2. The van der Waals surface area contributed by atoms with Crippen molar-refractivity contribution in [3.05, 3.63) is 71.5 Å². The first-order chi connectivity index (χ1) is 29.3. The van der Waals surface area contributed by atoms with Crippen LogP contribution in [-0.4, -0.2) is 93.7 Å². The molecule has 1 aliphatic carbocycles. The topological polar surface area (TPSA) is 155 Å². The Labute approximate surface area is 365 Å². The van der Waals surface area contributed by atoms with E-state index in [4.69, 9.17) is 14.5 Å². The van der Waals surface area contributed by atoms with Crippen LogP contribution in [0.25, 0.3) is 33.3 Å². The monoisotopic (exact) mass is 848 g/mol. The molecule has 0 radical (unpaired) electrons. The Balaban J connectivity index is 1.35. The second-order valence-electron chi connectivity index (χ2n) is 19.4. The molecule has 4 aromatic rings. The van der Waals surface area contributed by atoms with E-state index >= 15 is 0 Å². The van der Waals surface area contributed by atoms with Crippen molar-refractivity contribution in [1.29, 1.82) is 0 Å². The molecule has 2 aromatic carbocycles. The maximum absolute atomic E-state index is 14.6. The number of phenols is 1. The molecular formula is C49H64N6O7. The molecule has 5 atom stereocenters. The lowest BCUT2D eigenvalue weighted by Gasteiger charge is -2.37. The maximum atomic E-state index is 14.6. The minimum absolute atomic E-state index is 0.0163. The van der Waals surface area contributed by atoms with E-state index in [-0.39, 0.29) is 48.0 Å². The van der Waals surface area contributed by atoms with Gasteiger partial charge in [0.25, 0.3) is 5.91 Å². The Morgan fingerprint density at radius 3 is 2.50 bits per heavy atom. The second-order valence-corrected chi connectivity index (χ2v) is 19.4. The molecule has 3 aliphatic rings. The molecular weight excluding hydrogens is 785 g/mol. The van der Waals surface area contributed by atoms with Gasteiger partial charge in [-0.15, -0.1) is 0 Å². The zero-order chi connectivity index (χ0) is 44.8. The number of esters is 1. The van der Waals surface area contributed by atoms with Crippen molar-refractivity contribution < 1.29 is 33.8 Å². The number of carbonyl (C=O) groups excluding carboxylic acids is 4. The van der Waals surface area contributed by atoms with Gasteiger partial charge in [0.1, 0.15) is 23.9 Å². The largest absolute Gasteiger partial charge is 0.508 e. The van der Waals surface area contributed by atoms with Crippen LogP contribution in [0.4, 0.5) is 0 Å². The number of methoxy groups -OCH3 is 1. The summed E-state index contributed by atoms with van der Waals surface area (Å²) in [5.41, 5.74) is 9.61. The van der Waals surface area contributed by atoms with Crippen LogP contribution in [0.5, 0.6) is 5.75 Å². The summed E-state index contributed by atoms with van der Waals surface area (Å²) in [4.78, 5) is 62.8. The first kappa shape index (κ1) is 44.8. The van der Waals surface area contributed by atoms with Gasteiger partial charge in [-0.3, -0.25) is 29.2 Å². The maximum Gasteiger partial charge on any atom is 0.324 e. The number of aryl methyl sites for hydroxylation is 1. The zero-order valence-corrected chi connectivity index (χ0v) is 38.0. The number of likely N-dealkylation sites (N-methyl/N-ethyl adjacent to an activating group) is 1. The van der Waals surface area contributed by atoms with Crippen LogP contribution in [-0.2, 0) is 48.0 Å². The first-order valence-corrected chi connectivity index (χ1v) is 22.1. The van der Waals surface area contributed by atoms with Gasteiger partial charge in [-0.2, -0.15) is 0 Å². The van der Waals surface area contributed by atoms with Crippen LogP contribution in [0.3, 0.4) is 0 Å². The number of ether oxygens (including phenoxy) is 2. The summed E-state index contributed by atoms with van der Waals surface area (Å²) in [7, 11) is 3.34. The van der Waals surface area contributed by atoms with Crippen molar-refractivity contribution in [2.24, 2.45) is 22.7 Å². The van der Waals surface area contributed by atoms with Gasteiger partial charge in [0.05, 0.1) is 24.1 Å². The number of cyclic esters (lactones) is 1. The number of hydrogen-bond acceptors (Lipinski definition) is 9. The smallest absolute Gasteiger partial charge is 0.324 e. The zero-order valence-electron chi connectivity index (χ0n) is 38.0.